The lowest BCUT2D eigenvalue weighted by atomic mass is 9.93. The molecule has 1 N–H and O–H groups in total. The third-order valence-corrected chi connectivity index (χ3v) is 5.50. The molecule has 3 rings (SSSR count). The van der Waals surface area contributed by atoms with E-state index in [1.165, 1.54) is 0 Å². The number of guanidine groups is 1. The quantitative estimate of drug-likeness (QED) is 0.631. The summed E-state index contributed by atoms with van der Waals surface area (Å²) in [6, 6.07) is 0.279. The van der Waals surface area contributed by atoms with Gasteiger partial charge in [-0.05, 0) is 19.3 Å². The van der Waals surface area contributed by atoms with E-state index in [0.29, 0.717) is 23.4 Å². The van der Waals surface area contributed by atoms with Crippen LogP contribution in [0.3, 0.4) is 0 Å². The number of imidazole rings is 1. The summed E-state index contributed by atoms with van der Waals surface area (Å²) in [5.41, 5.74) is -0.852. The Kier molecular flexibility index (Phi) is 6.03. The molecule has 0 amide bonds. The Bertz CT molecular complexity index is 755. The van der Waals surface area contributed by atoms with Crippen LogP contribution in [0, 0.1) is 5.92 Å². The summed E-state index contributed by atoms with van der Waals surface area (Å²) in [5.74, 6) is 1.21. The zero-order chi connectivity index (χ0) is 19.4. The number of piperidine rings is 1. The number of halogens is 3. The van der Waals surface area contributed by atoms with Gasteiger partial charge in [0, 0.05) is 37.4 Å². The van der Waals surface area contributed by atoms with Gasteiger partial charge in [0.2, 0.25) is 0 Å². The predicted molar refractivity (Wildman–Crippen MR) is 98.5 cm³/mol. The van der Waals surface area contributed by atoms with Gasteiger partial charge in [0.05, 0.1) is 18.9 Å². The molecule has 2 unspecified atom stereocenters. The summed E-state index contributed by atoms with van der Waals surface area (Å²) in [5, 5.41) is 4.64. The van der Waals surface area contributed by atoms with Gasteiger partial charge in [-0.3, -0.25) is 0 Å². The summed E-state index contributed by atoms with van der Waals surface area (Å²) in [6.45, 7) is 6.64. The normalized spacial score (nSPS) is 21.5. The molecule has 0 aromatic carbocycles. The van der Waals surface area contributed by atoms with Crippen LogP contribution in [0.5, 0.6) is 0 Å². The molecule has 2 atom stereocenters. The van der Waals surface area contributed by atoms with Gasteiger partial charge in [-0.25, -0.2) is 15.0 Å². The van der Waals surface area contributed by atoms with Gasteiger partial charge in [-0.1, -0.05) is 6.92 Å². The standard InChI is InChI=1S/C17H23F3N6S/c1-3-22-16(23-8-15-24-14(10-27-15)17(18,19)20)25-6-4-12(2)13(9-25)26-7-5-21-11-26/h5,7,10-13H,3-4,6,8-9H2,1-2H3,(H,22,23). The zero-order valence-electron chi connectivity index (χ0n) is 15.3. The van der Waals surface area contributed by atoms with E-state index in [9.17, 15) is 13.2 Å². The lowest BCUT2D eigenvalue weighted by Crippen LogP contribution is -2.49. The molecule has 0 spiro atoms. The van der Waals surface area contributed by atoms with Crippen molar-refractivity contribution < 1.29 is 13.2 Å². The smallest absolute Gasteiger partial charge is 0.357 e. The molecule has 1 fully saturated rings. The summed E-state index contributed by atoms with van der Waals surface area (Å²) in [7, 11) is 0. The molecule has 0 radical (unpaired) electrons. The van der Waals surface area contributed by atoms with Crippen LogP contribution in [0.1, 0.15) is 37.0 Å². The van der Waals surface area contributed by atoms with Crippen LogP contribution < -0.4 is 5.32 Å². The number of aliphatic imine (C=N–C) groups is 1. The van der Waals surface area contributed by atoms with E-state index in [1.54, 1.807) is 6.20 Å². The molecule has 2 aromatic rings. The van der Waals surface area contributed by atoms with E-state index in [1.807, 2.05) is 19.4 Å². The second kappa shape index (κ2) is 8.28. The van der Waals surface area contributed by atoms with Crippen molar-refractivity contribution in [1.29, 1.82) is 0 Å². The number of hydrogen-bond acceptors (Lipinski definition) is 4. The first-order chi connectivity index (χ1) is 12.9. The first-order valence-corrected chi connectivity index (χ1v) is 9.78. The lowest BCUT2D eigenvalue weighted by molar-refractivity contribution is -0.140. The molecule has 3 heterocycles. The van der Waals surface area contributed by atoms with E-state index in [0.717, 1.165) is 36.2 Å². The van der Waals surface area contributed by atoms with E-state index < -0.39 is 11.9 Å². The lowest BCUT2D eigenvalue weighted by Gasteiger charge is -2.39. The van der Waals surface area contributed by atoms with Crippen molar-refractivity contribution in [2.24, 2.45) is 10.9 Å². The Morgan fingerprint density at radius 2 is 2.26 bits per heavy atom. The van der Waals surface area contributed by atoms with Crippen LogP contribution in [-0.2, 0) is 12.7 Å². The minimum atomic E-state index is -4.41. The molecular weight excluding hydrogens is 377 g/mol. The van der Waals surface area contributed by atoms with Crippen LogP contribution in [0.2, 0.25) is 0 Å². The minimum Gasteiger partial charge on any atom is -0.357 e. The van der Waals surface area contributed by atoms with Gasteiger partial charge < -0.3 is 14.8 Å². The molecule has 2 aromatic heterocycles. The van der Waals surface area contributed by atoms with E-state index in [4.69, 9.17) is 0 Å². The van der Waals surface area contributed by atoms with Gasteiger partial charge in [0.15, 0.2) is 11.7 Å². The molecule has 6 nitrogen and oxygen atoms in total. The molecule has 1 aliphatic heterocycles. The molecule has 0 aliphatic carbocycles. The largest absolute Gasteiger partial charge is 0.434 e. The van der Waals surface area contributed by atoms with Gasteiger partial charge in [0.1, 0.15) is 5.01 Å². The third-order valence-electron chi connectivity index (χ3n) is 4.67. The predicted octanol–water partition coefficient (Wildman–Crippen LogP) is 3.41. The first kappa shape index (κ1) is 19.7. The third kappa shape index (κ3) is 4.79. The monoisotopic (exact) mass is 400 g/mol. The van der Waals surface area contributed by atoms with E-state index in [2.05, 4.69) is 36.7 Å². The highest BCUT2D eigenvalue weighted by atomic mass is 32.1. The average Bonchev–Trinajstić information content (AvgIpc) is 3.30. The Balaban J connectivity index is 1.72. The van der Waals surface area contributed by atoms with Crippen LogP contribution >= 0.6 is 11.3 Å². The van der Waals surface area contributed by atoms with Gasteiger partial charge in [-0.2, -0.15) is 13.2 Å². The fourth-order valence-electron chi connectivity index (χ4n) is 3.18. The van der Waals surface area contributed by atoms with Crippen molar-refractivity contribution in [3.8, 4) is 0 Å². The molecule has 0 bridgehead atoms. The summed E-state index contributed by atoms with van der Waals surface area (Å²) >= 11 is 0.985. The molecule has 0 saturated carbocycles. The molecular formula is C17H23F3N6S. The highest BCUT2D eigenvalue weighted by Crippen LogP contribution is 2.30. The topological polar surface area (TPSA) is 58.3 Å². The number of aromatic nitrogens is 3. The van der Waals surface area contributed by atoms with Crippen molar-refractivity contribution in [2.75, 3.05) is 19.6 Å². The number of nitrogens with one attached hydrogen (secondary N) is 1. The zero-order valence-corrected chi connectivity index (χ0v) is 16.1. The summed E-state index contributed by atoms with van der Waals surface area (Å²) in [6.07, 6.45) is 2.14. The first-order valence-electron chi connectivity index (χ1n) is 8.90. The number of nitrogens with zero attached hydrogens (tertiary/aromatic N) is 5. The fourth-order valence-corrected chi connectivity index (χ4v) is 3.90. The minimum absolute atomic E-state index is 0.130. The van der Waals surface area contributed by atoms with E-state index in [-0.39, 0.29) is 12.6 Å². The van der Waals surface area contributed by atoms with E-state index >= 15 is 0 Å². The highest BCUT2D eigenvalue weighted by Gasteiger charge is 2.33. The van der Waals surface area contributed by atoms with Gasteiger partial charge in [0.25, 0.3) is 0 Å². The maximum Gasteiger partial charge on any atom is 0.434 e. The van der Waals surface area contributed by atoms with Crippen LogP contribution in [0.15, 0.2) is 29.1 Å². The maximum atomic E-state index is 12.7. The van der Waals surface area contributed by atoms with Gasteiger partial charge >= 0.3 is 6.18 Å². The van der Waals surface area contributed by atoms with Crippen molar-refractivity contribution in [2.45, 2.75) is 39.0 Å². The fraction of sp³-hybridized carbons (Fsp3) is 0.588. The average molecular weight is 400 g/mol. The Labute approximate surface area is 160 Å². The molecule has 27 heavy (non-hydrogen) atoms. The number of rotatable bonds is 4. The Hall–Kier alpha value is -2.10. The van der Waals surface area contributed by atoms with Crippen LogP contribution in [-0.4, -0.2) is 45.0 Å². The molecule has 1 saturated heterocycles. The number of thiazole rings is 1. The number of hydrogen-bond donors (Lipinski definition) is 1. The van der Waals surface area contributed by atoms with Gasteiger partial charge in [-0.15, -0.1) is 11.3 Å². The maximum absolute atomic E-state index is 12.7. The van der Waals surface area contributed by atoms with Crippen molar-refractivity contribution >= 4 is 17.3 Å². The summed E-state index contributed by atoms with van der Waals surface area (Å²) < 4.78 is 40.2. The van der Waals surface area contributed by atoms with Crippen molar-refractivity contribution in [3.05, 3.63) is 34.8 Å². The van der Waals surface area contributed by atoms with Crippen LogP contribution in [0.25, 0.3) is 0 Å². The van der Waals surface area contributed by atoms with Crippen molar-refractivity contribution in [1.82, 2.24) is 24.8 Å². The number of likely N-dealkylation sites (tertiary alicyclic amines) is 1. The number of alkyl halides is 3. The Morgan fingerprint density at radius 1 is 1.44 bits per heavy atom. The molecule has 148 valence electrons. The summed E-state index contributed by atoms with van der Waals surface area (Å²) in [4.78, 5) is 14.5. The Morgan fingerprint density at radius 3 is 2.89 bits per heavy atom. The second-order valence-electron chi connectivity index (χ2n) is 6.58. The SMILES string of the molecule is CCNC(=NCc1nc(C(F)(F)F)cs1)N1CCC(C)C(n2ccnc2)C1. The molecule has 10 heteroatoms. The molecule has 1 aliphatic rings. The second-order valence-corrected chi connectivity index (χ2v) is 7.53. The van der Waals surface area contributed by atoms with Crippen molar-refractivity contribution in [3.63, 3.8) is 0 Å². The highest BCUT2D eigenvalue weighted by molar-refractivity contribution is 7.09. The van der Waals surface area contributed by atoms with Crippen LogP contribution in [0.4, 0.5) is 13.2 Å².